The molecule has 0 radical (unpaired) electrons. The van der Waals surface area contributed by atoms with E-state index in [0.29, 0.717) is 12.1 Å². The summed E-state index contributed by atoms with van der Waals surface area (Å²) in [5, 5.41) is 10.3. The van der Waals surface area contributed by atoms with Crippen LogP contribution in [0.15, 0.2) is 36.5 Å². The lowest BCUT2D eigenvalue weighted by molar-refractivity contribution is 0.150. The molecule has 0 bridgehead atoms. The van der Waals surface area contributed by atoms with Crippen molar-refractivity contribution in [1.82, 2.24) is 14.7 Å². The predicted molar refractivity (Wildman–Crippen MR) is 114 cm³/mol. The maximum Gasteiger partial charge on any atom is 0.324 e. The molecule has 1 aliphatic rings. The Balaban J connectivity index is 1.58. The molecule has 27 heavy (non-hydrogen) atoms. The van der Waals surface area contributed by atoms with E-state index in [1.54, 1.807) is 6.20 Å². The molecule has 0 saturated carbocycles. The Kier molecular flexibility index (Phi) is 6.79. The first-order valence-electron chi connectivity index (χ1n) is 9.48. The van der Waals surface area contributed by atoms with E-state index in [1.807, 2.05) is 53.7 Å². The number of para-hydroxylation sites is 1. The van der Waals surface area contributed by atoms with Gasteiger partial charge in [-0.15, -0.1) is 0 Å². The van der Waals surface area contributed by atoms with Crippen molar-refractivity contribution in [3.63, 3.8) is 0 Å². The van der Waals surface area contributed by atoms with E-state index in [4.69, 9.17) is 0 Å². The van der Waals surface area contributed by atoms with Gasteiger partial charge in [0.15, 0.2) is 0 Å². The highest BCUT2D eigenvalue weighted by Crippen LogP contribution is 2.27. The quantitative estimate of drug-likeness (QED) is 0.779. The predicted octanol–water partition coefficient (Wildman–Crippen LogP) is 4.22. The van der Waals surface area contributed by atoms with Crippen LogP contribution in [0.2, 0.25) is 0 Å². The molecule has 2 heterocycles. The van der Waals surface area contributed by atoms with Crippen molar-refractivity contribution in [2.24, 2.45) is 0 Å². The lowest BCUT2D eigenvalue weighted by Gasteiger charge is -2.36. The maximum absolute atomic E-state index is 12.4. The molecule has 0 aliphatic carbocycles. The molecule has 2 N–H and O–H groups in total. The first-order valence-corrected chi connectivity index (χ1v) is 10.9. The summed E-state index contributed by atoms with van der Waals surface area (Å²) >= 11 is 1.90. The smallest absolute Gasteiger partial charge is 0.307 e. The van der Waals surface area contributed by atoms with Crippen molar-refractivity contribution < 1.29 is 4.79 Å². The summed E-state index contributed by atoms with van der Waals surface area (Å²) in [7, 11) is 0. The van der Waals surface area contributed by atoms with E-state index >= 15 is 0 Å². The van der Waals surface area contributed by atoms with Gasteiger partial charge in [-0.05, 0) is 44.6 Å². The second kappa shape index (κ2) is 9.28. The molecule has 1 fully saturated rings. The van der Waals surface area contributed by atoms with Gasteiger partial charge in [-0.3, -0.25) is 10.2 Å². The largest absolute Gasteiger partial charge is 0.324 e. The van der Waals surface area contributed by atoms with E-state index in [2.05, 4.69) is 33.8 Å². The molecule has 6 nitrogen and oxygen atoms in total. The number of likely N-dealkylation sites (tertiary alicyclic amines) is 1. The number of aromatic nitrogens is 2. The standard InChI is InChI=1S/C20H29N5OS/c1-15-6-4-5-7-18(15)22-20(26)23-19-8-11-21-25(19)17-9-12-24(13-10-17)16(2)14-27-3/h4-8,11,16-17H,9-10,12-14H2,1-3H3,(H2,22,23,26)/t16-/m1/s1. The van der Waals surface area contributed by atoms with Gasteiger partial charge in [0.25, 0.3) is 0 Å². The minimum atomic E-state index is -0.239. The molecule has 1 atom stereocenters. The number of nitrogens with zero attached hydrogens (tertiary/aromatic N) is 3. The van der Waals surface area contributed by atoms with Gasteiger partial charge < -0.3 is 5.32 Å². The van der Waals surface area contributed by atoms with Gasteiger partial charge in [0, 0.05) is 36.6 Å². The first kappa shape index (κ1) is 19.8. The molecule has 1 aromatic heterocycles. The Morgan fingerprint density at radius 2 is 2.00 bits per heavy atom. The molecule has 2 amide bonds. The summed E-state index contributed by atoms with van der Waals surface area (Å²) in [6.45, 7) is 6.42. The third-order valence-electron chi connectivity index (χ3n) is 5.18. The summed E-state index contributed by atoms with van der Waals surface area (Å²) < 4.78 is 1.97. The molecule has 1 aromatic carbocycles. The van der Waals surface area contributed by atoms with Gasteiger partial charge >= 0.3 is 6.03 Å². The molecular formula is C20H29N5OS. The van der Waals surface area contributed by atoms with Crippen LogP contribution < -0.4 is 10.6 Å². The van der Waals surface area contributed by atoms with Gasteiger partial charge in [-0.1, -0.05) is 18.2 Å². The summed E-state index contributed by atoms with van der Waals surface area (Å²) in [5.74, 6) is 1.91. The fourth-order valence-electron chi connectivity index (χ4n) is 3.61. The van der Waals surface area contributed by atoms with E-state index in [-0.39, 0.29) is 6.03 Å². The fourth-order valence-corrected chi connectivity index (χ4v) is 4.30. The maximum atomic E-state index is 12.4. The molecule has 3 rings (SSSR count). The highest BCUT2D eigenvalue weighted by molar-refractivity contribution is 7.98. The lowest BCUT2D eigenvalue weighted by atomic mass is 10.0. The van der Waals surface area contributed by atoms with Crippen LogP contribution in [0.25, 0.3) is 0 Å². The van der Waals surface area contributed by atoms with Crippen LogP contribution in [0, 0.1) is 6.92 Å². The number of amides is 2. The molecule has 1 aliphatic heterocycles. The average molecular weight is 388 g/mol. The Morgan fingerprint density at radius 1 is 1.26 bits per heavy atom. The summed E-state index contributed by atoms with van der Waals surface area (Å²) in [4.78, 5) is 15.0. The number of hydrogen-bond acceptors (Lipinski definition) is 4. The van der Waals surface area contributed by atoms with Crippen LogP contribution in [0.3, 0.4) is 0 Å². The molecule has 2 aromatic rings. The number of thioether (sulfide) groups is 1. The normalized spacial score (nSPS) is 16.9. The summed E-state index contributed by atoms with van der Waals surface area (Å²) in [5.41, 5.74) is 1.85. The Bertz CT molecular complexity index is 754. The zero-order valence-electron chi connectivity index (χ0n) is 16.3. The minimum Gasteiger partial charge on any atom is -0.307 e. The molecule has 0 spiro atoms. The molecule has 0 unspecified atom stereocenters. The van der Waals surface area contributed by atoms with Gasteiger partial charge in [0.05, 0.1) is 12.2 Å². The van der Waals surface area contributed by atoms with Gasteiger partial charge in [0.2, 0.25) is 0 Å². The van der Waals surface area contributed by atoms with E-state index in [0.717, 1.165) is 48.8 Å². The second-order valence-electron chi connectivity index (χ2n) is 7.13. The SMILES string of the molecule is CSC[C@@H](C)N1CCC(n2nccc2NC(=O)Nc2ccccc2C)CC1. The topological polar surface area (TPSA) is 62.2 Å². The Hall–Kier alpha value is -1.99. The number of nitrogens with one attached hydrogen (secondary N) is 2. The highest BCUT2D eigenvalue weighted by Gasteiger charge is 2.25. The van der Waals surface area contributed by atoms with Gasteiger partial charge in [-0.2, -0.15) is 16.9 Å². The number of anilines is 2. The zero-order chi connectivity index (χ0) is 19.2. The third kappa shape index (κ3) is 5.05. The van der Waals surface area contributed by atoms with Crippen molar-refractivity contribution in [1.29, 1.82) is 0 Å². The van der Waals surface area contributed by atoms with Crippen molar-refractivity contribution >= 4 is 29.3 Å². The van der Waals surface area contributed by atoms with Crippen molar-refractivity contribution in [3.8, 4) is 0 Å². The van der Waals surface area contributed by atoms with Crippen molar-refractivity contribution in [2.45, 2.75) is 38.8 Å². The number of carbonyl (C=O) groups is 1. The third-order valence-corrected chi connectivity index (χ3v) is 6.00. The summed E-state index contributed by atoms with van der Waals surface area (Å²) in [6.07, 6.45) is 6.02. The molecule has 1 saturated heterocycles. The van der Waals surface area contributed by atoms with Crippen LogP contribution in [-0.2, 0) is 0 Å². The monoisotopic (exact) mass is 387 g/mol. The minimum absolute atomic E-state index is 0.239. The van der Waals surface area contributed by atoms with Crippen molar-refractivity contribution in [2.75, 3.05) is 35.7 Å². The van der Waals surface area contributed by atoms with E-state index < -0.39 is 0 Å². The number of urea groups is 1. The molecule has 146 valence electrons. The van der Waals surface area contributed by atoms with Crippen LogP contribution in [0.1, 0.15) is 31.4 Å². The Morgan fingerprint density at radius 3 is 2.70 bits per heavy atom. The molecule has 7 heteroatoms. The average Bonchev–Trinajstić information content (AvgIpc) is 3.12. The van der Waals surface area contributed by atoms with E-state index in [1.165, 1.54) is 0 Å². The number of piperidine rings is 1. The Labute approximate surface area is 165 Å². The van der Waals surface area contributed by atoms with Crippen molar-refractivity contribution in [3.05, 3.63) is 42.1 Å². The van der Waals surface area contributed by atoms with Crippen LogP contribution in [0.5, 0.6) is 0 Å². The number of benzene rings is 1. The van der Waals surface area contributed by atoms with Crippen LogP contribution in [0.4, 0.5) is 16.3 Å². The number of rotatable bonds is 6. The number of hydrogen-bond donors (Lipinski definition) is 2. The molecular weight excluding hydrogens is 358 g/mol. The first-order chi connectivity index (χ1) is 13.1. The van der Waals surface area contributed by atoms with Gasteiger partial charge in [0.1, 0.15) is 5.82 Å². The zero-order valence-corrected chi connectivity index (χ0v) is 17.1. The summed E-state index contributed by atoms with van der Waals surface area (Å²) in [6, 6.07) is 10.3. The number of aryl methyl sites for hydroxylation is 1. The lowest BCUT2D eigenvalue weighted by Crippen LogP contribution is -2.41. The van der Waals surface area contributed by atoms with Crippen LogP contribution in [-0.4, -0.2) is 51.9 Å². The second-order valence-corrected chi connectivity index (χ2v) is 8.04. The number of carbonyl (C=O) groups excluding carboxylic acids is 1. The van der Waals surface area contributed by atoms with Gasteiger partial charge in [-0.25, -0.2) is 9.48 Å². The highest BCUT2D eigenvalue weighted by atomic mass is 32.2. The van der Waals surface area contributed by atoms with Crippen LogP contribution >= 0.6 is 11.8 Å². The fraction of sp³-hybridized carbons (Fsp3) is 0.500. The van der Waals surface area contributed by atoms with E-state index in [9.17, 15) is 4.79 Å².